The summed E-state index contributed by atoms with van der Waals surface area (Å²) >= 11 is 0. The van der Waals surface area contributed by atoms with Crippen molar-refractivity contribution in [2.45, 2.75) is 6.42 Å². The maximum atomic E-state index is 13.7. The lowest BCUT2D eigenvalue weighted by Crippen LogP contribution is -2.48. The zero-order valence-electron chi connectivity index (χ0n) is 19.5. The van der Waals surface area contributed by atoms with Crippen LogP contribution in [-0.4, -0.2) is 70.8 Å². The number of carboxylic acids is 1. The van der Waals surface area contributed by atoms with E-state index in [0.29, 0.717) is 48.6 Å². The number of hydrogen-bond acceptors (Lipinski definition) is 6. The standard InChI is InChI=1S/C26H23N5O5/c1-28-11-12-29(22(32)15-28)17-2-4-18(5-3-17)30-10-8-20-23(26(34)35)27-31(24(20)25(30)33)19-6-7-21-16(14-19)9-13-36-21/h2-7,9,13-14H,8,10-12,15H2,1H3,(H,34,35). The molecule has 182 valence electrons. The van der Waals surface area contributed by atoms with E-state index in [4.69, 9.17) is 4.42 Å². The predicted octanol–water partition coefficient (Wildman–Crippen LogP) is 2.80. The van der Waals surface area contributed by atoms with E-state index < -0.39 is 5.97 Å². The van der Waals surface area contributed by atoms with Gasteiger partial charge in [0, 0.05) is 42.0 Å². The monoisotopic (exact) mass is 485 g/mol. The van der Waals surface area contributed by atoms with Crippen LogP contribution in [0.5, 0.6) is 0 Å². The molecule has 2 aromatic carbocycles. The molecule has 1 fully saturated rings. The van der Waals surface area contributed by atoms with E-state index in [1.165, 1.54) is 4.68 Å². The molecule has 6 rings (SSSR count). The summed E-state index contributed by atoms with van der Waals surface area (Å²) in [5.41, 5.74) is 3.26. The third-order valence-corrected chi connectivity index (χ3v) is 6.78. The molecule has 1 saturated heterocycles. The molecule has 0 atom stereocenters. The number of fused-ring (bicyclic) bond motifs is 2. The van der Waals surface area contributed by atoms with E-state index >= 15 is 0 Å². The quantitative estimate of drug-likeness (QED) is 0.473. The summed E-state index contributed by atoms with van der Waals surface area (Å²) in [6.07, 6.45) is 1.93. The van der Waals surface area contributed by atoms with Gasteiger partial charge in [0.2, 0.25) is 5.91 Å². The smallest absolute Gasteiger partial charge is 0.356 e. The van der Waals surface area contributed by atoms with Gasteiger partial charge >= 0.3 is 5.97 Å². The van der Waals surface area contributed by atoms with Gasteiger partial charge in [0.1, 0.15) is 11.3 Å². The number of nitrogens with zero attached hydrogens (tertiary/aromatic N) is 5. The lowest BCUT2D eigenvalue weighted by molar-refractivity contribution is -0.120. The number of piperazine rings is 1. The topological polar surface area (TPSA) is 112 Å². The summed E-state index contributed by atoms with van der Waals surface area (Å²) in [6, 6.07) is 14.4. The van der Waals surface area contributed by atoms with E-state index in [9.17, 15) is 19.5 Å². The van der Waals surface area contributed by atoms with Gasteiger partial charge in [-0.05, 0) is 62.0 Å². The fourth-order valence-electron chi connectivity index (χ4n) is 4.93. The second-order valence-electron chi connectivity index (χ2n) is 9.04. The minimum atomic E-state index is -1.17. The number of hydrogen-bond donors (Lipinski definition) is 1. The van der Waals surface area contributed by atoms with Crippen LogP contribution in [0.25, 0.3) is 16.7 Å². The van der Waals surface area contributed by atoms with Gasteiger partial charge in [-0.25, -0.2) is 9.48 Å². The van der Waals surface area contributed by atoms with Crippen LogP contribution in [0.2, 0.25) is 0 Å². The van der Waals surface area contributed by atoms with Crippen LogP contribution in [0.3, 0.4) is 0 Å². The highest BCUT2D eigenvalue weighted by Gasteiger charge is 2.35. The molecule has 2 amide bonds. The van der Waals surface area contributed by atoms with Crippen LogP contribution in [0, 0.1) is 0 Å². The molecule has 4 aromatic rings. The van der Waals surface area contributed by atoms with E-state index in [1.54, 1.807) is 34.3 Å². The third-order valence-electron chi connectivity index (χ3n) is 6.78. The van der Waals surface area contributed by atoms with Crippen LogP contribution in [0.1, 0.15) is 26.5 Å². The Morgan fingerprint density at radius 2 is 1.67 bits per heavy atom. The van der Waals surface area contributed by atoms with Crippen LogP contribution in [-0.2, 0) is 11.2 Å². The van der Waals surface area contributed by atoms with Crippen LogP contribution < -0.4 is 9.80 Å². The molecule has 4 heterocycles. The second-order valence-corrected chi connectivity index (χ2v) is 9.04. The second kappa shape index (κ2) is 8.35. The number of anilines is 2. The first kappa shape index (κ1) is 22.1. The van der Waals surface area contributed by atoms with Gasteiger partial charge in [-0.2, -0.15) is 5.10 Å². The average molecular weight is 486 g/mol. The summed E-state index contributed by atoms with van der Waals surface area (Å²) in [4.78, 5) is 43.4. The number of aromatic nitrogens is 2. The number of benzene rings is 2. The van der Waals surface area contributed by atoms with Crippen molar-refractivity contribution in [1.29, 1.82) is 0 Å². The van der Waals surface area contributed by atoms with Crippen LogP contribution in [0.4, 0.5) is 11.4 Å². The Bertz CT molecular complexity index is 1520. The fraction of sp³-hybridized carbons (Fsp3) is 0.231. The zero-order chi connectivity index (χ0) is 25.0. The van der Waals surface area contributed by atoms with E-state index in [-0.39, 0.29) is 23.2 Å². The lowest BCUT2D eigenvalue weighted by Gasteiger charge is -2.32. The number of likely N-dealkylation sites (N-methyl/N-ethyl adjacent to an activating group) is 1. The highest BCUT2D eigenvalue weighted by molar-refractivity contribution is 6.09. The van der Waals surface area contributed by atoms with Crippen molar-refractivity contribution in [3.63, 3.8) is 0 Å². The van der Waals surface area contributed by atoms with Crippen molar-refractivity contribution in [3.05, 3.63) is 71.7 Å². The summed E-state index contributed by atoms with van der Waals surface area (Å²) in [6.45, 7) is 2.10. The number of aromatic carboxylic acids is 1. The Labute approximate surface area is 205 Å². The highest BCUT2D eigenvalue weighted by atomic mass is 16.4. The molecular formula is C26H23N5O5. The number of furan rings is 1. The molecule has 0 aliphatic carbocycles. The van der Waals surface area contributed by atoms with Gasteiger partial charge in [-0.3, -0.25) is 14.5 Å². The molecule has 0 bridgehead atoms. The Morgan fingerprint density at radius 3 is 2.39 bits per heavy atom. The minimum Gasteiger partial charge on any atom is -0.476 e. The number of carbonyl (C=O) groups excluding carboxylic acids is 2. The molecule has 0 saturated carbocycles. The normalized spacial score (nSPS) is 16.6. The van der Waals surface area contributed by atoms with E-state index in [2.05, 4.69) is 5.10 Å². The molecule has 2 aliphatic rings. The molecule has 10 heteroatoms. The molecule has 0 unspecified atom stereocenters. The number of carboxylic acid groups (broad SMARTS) is 1. The fourth-order valence-corrected chi connectivity index (χ4v) is 4.93. The highest BCUT2D eigenvalue weighted by Crippen LogP contribution is 2.31. The summed E-state index contributed by atoms with van der Waals surface area (Å²) in [5, 5.41) is 14.9. The molecule has 10 nitrogen and oxygen atoms in total. The molecule has 0 spiro atoms. The van der Waals surface area contributed by atoms with E-state index in [1.807, 2.05) is 42.3 Å². The maximum Gasteiger partial charge on any atom is 0.356 e. The first-order chi connectivity index (χ1) is 17.4. The Hall–Kier alpha value is -4.44. The first-order valence-electron chi connectivity index (χ1n) is 11.6. The third kappa shape index (κ3) is 3.54. The summed E-state index contributed by atoms with van der Waals surface area (Å²) < 4.78 is 6.81. The van der Waals surface area contributed by atoms with Gasteiger partial charge < -0.3 is 19.3 Å². The van der Waals surface area contributed by atoms with Crippen molar-refractivity contribution in [2.75, 3.05) is 43.0 Å². The maximum absolute atomic E-state index is 13.7. The van der Waals surface area contributed by atoms with Crippen molar-refractivity contribution in [1.82, 2.24) is 14.7 Å². The van der Waals surface area contributed by atoms with Crippen molar-refractivity contribution < 1.29 is 23.9 Å². The van der Waals surface area contributed by atoms with Crippen molar-refractivity contribution in [2.24, 2.45) is 0 Å². The van der Waals surface area contributed by atoms with Gasteiger partial charge in [0.05, 0.1) is 18.5 Å². The van der Waals surface area contributed by atoms with Crippen molar-refractivity contribution >= 4 is 40.1 Å². The summed E-state index contributed by atoms with van der Waals surface area (Å²) in [5.74, 6) is -1.46. The molecule has 36 heavy (non-hydrogen) atoms. The SMILES string of the molecule is CN1CCN(c2ccc(N3CCc4c(C(=O)O)nn(-c5ccc6occc6c5)c4C3=O)cc2)C(=O)C1. The van der Waals surface area contributed by atoms with Crippen molar-refractivity contribution in [3.8, 4) is 5.69 Å². The zero-order valence-corrected chi connectivity index (χ0v) is 19.5. The molecule has 1 N–H and O–H groups in total. The molecule has 0 radical (unpaired) electrons. The summed E-state index contributed by atoms with van der Waals surface area (Å²) in [7, 11) is 1.92. The Kier molecular flexibility index (Phi) is 5.11. The average Bonchev–Trinajstić information content (AvgIpc) is 3.49. The molecule has 2 aliphatic heterocycles. The van der Waals surface area contributed by atoms with Gasteiger partial charge in [0.15, 0.2) is 5.69 Å². The Morgan fingerprint density at radius 1 is 0.944 bits per heavy atom. The molecular weight excluding hydrogens is 462 g/mol. The van der Waals surface area contributed by atoms with Crippen LogP contribution >= 0.6 is 0 Å². The van der Waals surface area contributed by atoms with E-state index in [0.717, 1.165) is 17.6 Å². The van der Waals surface area contributed by atoms with Gasteiger partial charge in [-0.15, -0.1) is 0 Å². The molecule has 2 aromatic heterocycles. The number of rotatable bonds is 4. The van der Waals surface area contributed by atoms with Crippen LogP contribution in [0.15, 0.2) is 59.2 Å². The Balaban J connectivity index is 1.35. The lowest BCUT2D eigenvalue weighted by atomic mass is 10.0. The van der Waals surface area contributed by atoms with Gasteiger partial charge in [-0.1, -0.05) is 0 Å². The number of amides is 2. The number of carbonyl (C=O) groups is 3. The first-order valence-corrected chi connectivity index (χ1v) is 11.6. The minimum absolute atomic E-state index is 0.0369. The van der Waals surface area contributed by atoms with Gasteiger partial charge in [0.25, 0.3) is 5.91 Å². The predicted molar refractivity (Wildman–Crippen MR) is 132 cm³/mol. The largest absolute Gasteiger partial charge is 0.476 e.